The van der Waals surface area contributed by atoms with E-state index in [-0.39, 0.29) is 0 Å². The molecule has 1 aromatic rings. The van der Waals surface area contributed by atoms with Crippen molar-refractivity contribution in [2.75, 3.05) is 36.5 Å². The van der Waals surface area contributed by atoms with Crippen LogP contribution in [0.2, 0.25) is 0 Å². The van der Waals surface area contributed by atoms with Crippen LogP contribution >= 0.6 is 15.9 Å². The van der Waals surface area contributed by atoms with E-state index in [1.165, 1.54) is 11.3 Å². The molecule has 0 saturated carbocycles. The van der Waals surface area contributed by atoms with Crippen LogP contribution in [0.25, 0.3) is 0 Å². The van der Waals surface area contributed by atoms with Crippen molar-refractivity contribution in [1.82, 2.24) is 5.32 Å². The molecule has 2 rings (SSSR count). The smallest absolute Gasteiger partial charge is 0.0411 e. The molecule has 1 aliphatic heterocycles. The van der Waals surface area contributed by atoms with Crippen LogP contribution < -0.4 is 10.2 Å². The van der Waals surface area contributed by atoms with Crippen molar-refractivity contribution in [1.29, 1.82) is 0 Å². The Kier molecular flexibility index (Phi) is 4.81. The first-order valence-corrected chi connectivity index (χ1v) is 8.46. The van der Waals surface area contributed by atoms with E-state index in [1.807, 2.05) is 7.05 Å². The maximum Gasteiger partial charge on any atom is 0.0411 e. The van der Waals surface area contributed by atoms with E-state index < -0.39 is 10.8 Å². The quantitative estimate of drug-likeness (QED) is 0.922. The molecule has 100 valence electrons. The van der Waals surface area contributed by atoms with E-state index >= 15 is 0 Å². The van der Waals surface area contributed by atoms with Gasteiger partial charge in [-0.15, -0.1) is 0 Å². The maximum absolute atomic E-state index is 11.4. The van der Waals surface area contributed by atoms with Crippen LogP contribution in [0.4, 0.5) is 5.69 Å². The number of nitrogens with zero attached hydrogens (tertiary/aromatic N) is 1. The molecule has 18 heavy (non-hydrogen) atoms. The lowest BCUT2D eigenvalue weighted by atomic mass is 10.1. The molecule has 0 bridgehead atoms. The summed E-state index contributed by atoms with van der Waals surface area (Å²) in [6.45, 7) is 3.92. The van der Waals surface area contributed by atoms with Crippen LogP contribution in [0.5, 0.6) is 0 Å². The largest absolute Gasteiger partial charge is 0.370 e. The van der Waals surface area contributed by atoms with Gasteiger partial charge in [0.15, 0.2) is 0 Å². The SMILES string of the molecule is CNC(C)c1ccc(N2CCS(=O)CC2)cc1Br. The molecule has 1 aliphatic rings. The first-order valence-electron chi connectivity index (χ1n) is 6.18. The van der Waals surface area contributed by atoms with Crippen molar-refractivity contribution in [3.05, 3.63) is 28.2 Å². The second-order valence-electron chi connectivity index (χ2n) is 4.55. The van der Waals surface area contributed by atoms with Crippen molar-refractivity contribution in [2.24, 2.45) is 0 Å². The van der Waals surface area contributed by atoms with Crippen LogP contribution in [-0.4, -0.2) is 35.9 Å². The molecule has 1 atom stereocenters. The Morgan fingerprint density at radius 3 is 2.61 bits per heavy atom. The van der Waals surface area contributed by atoms with Crippen molar-refractivity contribution < 1.29 is 4.21 Å². The Bertz CT molecular complexity index is 443. The average Bonchev–Trinajstić information content (AvgIpc) is 2.38. The monoisotopic (exact) mass is 330 g/mol. The predicted molar refractivity (Wildman–Crippen MR) is 81.7 cm³/mol. The van der Waals surface area contributed by atoms with E-state index in [2.05, 4.69) is 51.3 Å². The Labute approximate surface area is 120 Å². The molecule has 1 saturated heterocycles. The van der Waals surface area contributed by atoms with Crippen LogP contribution in [0.1, 0.15) is 18.5 Å². The lowest BCUT2D eigenvalue weighted by Gasteiger charge is -2.29. The summed E-state index contributed by atoms with van der Waals surface area (Å²) in [5.74, 6) is 1.57. The van der Waals surface area contributed by atoms with E-state index in [1.54, 1.807) is 0 Å². The molecule has 5 heteroatoms. The lowest BCUT2D eigenvalue weighted by Crippen LogP contribution is -2.37. The molecule has 1 N–H and O–H groups in total. The van der Waals surface area contributed by atoms with Crippen LogP contribution in [-0.2, 0) is 10.8 Å². The van der Waals surface area contributed by atoms with Gasteiger partial charge in [0, 0.05) is 51.6 Å². The minimum Gasteiger partial charge on any atom is -0.370 e. The zero-order chi connectivity index (χ0) is 13.1. The third-order valence-electron chi connectivity index (χ3n) is 3.43. The van der Waals surface area contributed by atoms with Crippen LogP contribution in [0.3, 0.4) is 0 Å². The Hall–Kier alpha value is -0.390. The molecule has 1 aromatic carbocycles. The van der Waals surface area contributed by atoms with E-state index in [4.69, 9.17) is 0 Å². The molecule has 0 aromatic heterocycles. The highest BCUT2D eigenvalue weighted by atomic mass is 79.9. The van der Waals surface area contributed by atoms with Gasteiger partial charge in [-0.05, 0) is 31.7 Å². The van der Waals surface area contributed by atoms with Crippen molar-refractivity contribution >= 4 is 32.4 Å². The first kappa shape index (κ1) is 14.0. The van der Waals surface area contributed by atoms with E-state index in [0.29, 0.717) is 6.04 Å². The first-order chi connectivity index (χ1) is 8.61. The predicted octanol–water partition coefficient (Wildman–Crippen LogP) is 2.30. The molecule has 1 heterocycles. The summed E-state index contributed by atoms with van der Waals surface area (Å²) in [6.07, 6.45) is 0. The molecule has 1 fully saturated rings. The van der Waals surface area contributed by atoms with Crippen LogP contribution in [0, 0.1) is 0 Å². The number of rotatable bonds is 3. The maximum atomic E-state index is 11.4. The van der Waals surface area contributed by atoms with Crippen LogP contribution in [0.15, 0.2) is 22.7 Å². The number of hydrogen-bond donors (Lipinski definition) is 1. The second kappa shape index (κ2) is 6.17. The fourth-order valence-corrected chi connectivity index (χ4v) is 3.88. The summed E-state index contributed by atoms with van der Waals surface area (Å²) < 4.78 is 12.5. The molecule has 0 amide bonds. The highest BCUT2D eigenvalue weighted by Crippen LogP contribution is 2.28. The standard InChI is InChI=1S/C13H19BrN2OS/c1-10(15-2)12-4-3-11(9-13(12)14)16-5-7-18(17)8-6-16/h3-4,9-10,15H,5-8H2,1-2H3. The molecule has 0 aliphatic carbocycles. The van der Waals surface area contributed by atoms with Crippen molar-refractivity contribution in [2.45, 2.75) is 13.0 Å². The van der Waals surface area contributed by atoms with Gasteiger partial charge in [-0.1, -0.05) is 22.0 Å². The zero-order valence-corrected chi connectivity index (χ0v) is 13.2. The number of nitrogens with one attached hydrogen (secondary N) is 1. The summed E-state index contributed by atoms with van der Waals surface area (Å²) in [7, 11) is 1.35. The minimum atomic E-state index is -0.617. The number of hydrogen-bond acceptors (Lipinski definition) is 3. The fraction of sp³-hybridized carbons (Fsp3) is 0.538. The van der Waals surface area contributed by atoms with Crippen molar-refractivity contribution in [3.8, 4) is 0 Å². The van der Waals surface area contributed by atoms with Gasteiger partial charge < -0.3 is 10.2 Å². The van der Waals surface area contributed by atoms with Crippen molar-refractivity contribution in [3.63, 3.8) is 0 Å². The summed E-state index contributed by atoms with van der Waals surface area (Å²) in [4.78, 5) is 2.31. The number of anilines is 1. The van der Waals surface area contributed by atoms with Gasteiger partial charge in [0.05, 0.1) is 0 Å². The third-order valence-corrected chi connectivity index (χ3v) is 5.39. The van der Waals surface area contributed by atoms with E-state index in [0.717, 1.165) is 29.1 Å². The Balaban J connectivity index is 2.16. The summed E-state index contributed by atoms with van der Waals surface area (Å²) >= 11 is 3.64. The van der Waals surface area contributed by atoms with Gasteiger partial charge >= 0.3 is 0 Å². The average molecular weight is 331 g/mol. The highest BCUT2D eigenvalue weighted by molar-refractivity contribution is 9.10. The van der Waals surface area contributed by atoms with Gasteiger partial charge in [-0.25, -0.2) is 0 Å². The highest BCUT2D eigenvalue weighted by Gasteiger charge is 2.16. The Morgan fingerprint density at radius 1 is 1.39 bits per heavy atom. The van der Waals surface area contributed by atoms with E-state index in [9.17, 15) is 4.21 Å². The van der Waals surface area contributed by atoms with Gasteiger partial charge in [-0.3, -0.25) is 4.21 Å². The number of halogens is 1. The van der Waals surface area contributed by atoms with Gasteiger partial charge in [0.2, 0.25) is 0 Å². The molecule has 0 spiro atoms. The number of benzene rings is 1. The molecule has 1 unspecified atom stereocenters. The van der Waals surface area contributed by atoms with Gasteiger partial charge in [-0.2, -0.15) is 0 Å². The topological polar surface area (TPSA) is 32.3 Å². The fourth-order valence-electron chi connectivity index (χ4n) is 2.12. The molecular weight excluding hydrogens is 312 g/mol. The Morgan fingerprint density at radius 2 is 2.06 bits per heavy atom. The third kappa shape index (κ3) is 3.13. The summed E-state index contributed by atoms with van der Waals surface area (Å²) in [6, 6.07) is 6.81. The summed E-state index contributed by atoms with van der Waals surface area (Å²) in [5, 5.41) is 3.24. The normalized spacial score (nSPS) is 18.9. The van der Waals surface area contributed by atoms with Gasteiger partial charge in [0.1, 0.15) is 0 Å². The summed E-state index contributed by atoms with van der Waals surface area (Å²) in [5.41, 5.74) is 2.48. The van der Waals surface area contributed by atoms with Gasteiger partial charge in [0.25, 0.3) is 0 Å². The lowest BCUT2D eigenvalue weighted by molar-refractivity contribution is 0.649. The second-order valence-corrected chi connectivity index (χ2v) is 7.10. The molecule has 0 radical (unpaired) electrons. The zero-order valence-electron chi connectivity index (χ0n) is 10.8. The molecular formula is C13H19BrN2OS. The minimum absolute atomic E-state index is 0.335. The molecule has 3 nitrogen and oxygen atoms in total.